The van der Waals surface area contributed by atoms with E-state index in [2.05, 4.69) is 10.6 Å². The van der Waals surface area contributed by atoms with Crippen molar-refractivity contribution in [2.75, 3.05) is 13.3 Å². The topological polar surface area (TPSA) is 75.3 Å². The third kappa shape index (κ3) is 7.57. The van der Waals surface area contributed by atoms with E-state index in [1.165, 1.54) is 18.7 Å². The molecule has 0 spiro atoms. The summed E-state index contributed by atoms with van der Waals surface area (Å²) in [6, 6.07) is -0.643. The van der Waals surface area contributed by atoms with Crippen molar-refractivity contribution in [1.82, 2.24) is 10.6 Å². The zero-order chi connectivity index (χ0) is 21.8. The van der Waals surface area contributed by atoms with Crippen LogP contribution in [-0.2, 0) is 14.4 Å². The molecule has 1 atom stereocenters. The molecule has 0 rings (SSSR count). The van der Waals surface area contributed by atoms with Gasteiger partial charge in [0.2, 0.25) is 5.91 Å². The quantitative estimate of drug-likeness (QED) is 0.583. The number of carbonyl (C=O) groups is 3. The number of ketones is 1. The molecule has 0 aliphatic heterocycles. The van der Waals surface area contributed by atoms with Gasteiger partial charge in [0.25, 0.3) is 0 Å². The third-order valence-electron chi connectivity index (χ3n) is 5.27. The molecule has 0 aliphatic carbocycles. The third-order valence-corrected chi connectivity index (χ3v) is 6.20. The monoisotopic (exact) mass is 400 g/mol. The van der Waals surface area contributed by atoms with Crippen molar-refractivity contribution in [2.24, 2.45) is 16.2 Å². The lowest BCUT2D eigenvalue weighted by Gasteiger charge is -2.41. The summed E-state index contributed by atoms with van der Waals surface area (Å²) in [6.07, 6.45) is 2.91. The van der Waals surface area contributed by atoms with Crippen LogP contribution in [0.5, 0.6) is 0 Å². The number of Topliss-reactive ketones (excluding diaryl/α,β-unsaturated/α-hetero) is 1. The summed E-state index contributed by atoms with van der Waals surface area (Å²) in [5.74, 6) is -0.238. The molecule has 5 nitrogen and oxygen atoms in total. The van der Waals surface area contributed by atoms with E-state index in [9.17, 15) is 14.4 Å². The predicted molar refractivity (Wildman–Crippen MR) is 115 cm³/mol. The van der Waals surface area contributed by atoms with Crippen LogP contribution in [0.4, 0.5) is 0 Å². The Morgan fingerprint density at radius 1 is 0.889 bits per heavy atom. The molecule has 27 heavy (non-hydrogen) atoms. The van der Waals surface area contributed by atoms with E-state index in [4.69, 9.17) is 0 Å². The summed E-state index contributed by atoms with van der Waals surface area (Å²) in [7, 11) is 1.88. The maximum absolute atomic E-state index is 13.0. The van der Waals surface area contributed by atoms with Crippen molar-refractivity contribution in [3.8, 4) is 0 Å². The molecule has 0 heterocycles. The fraction of sp³-hybridized carbons (Fsp3) is 0.857. The Bertz CT molecular complexity index is 566. The highest BCUT2D eigenvalue weighted by molar-refractivity contribution is 8.13. The van der Waals surface area contributed by atoms with Gasteiger partial charge in [-0.25, -0.2) is 0 Å². The van der Waals surface area contributed by atoms with Crippen LogP contribution < -0.4 is 10.6 Å². The van der Waals surface area contributed by atoms with Crippen LogP contribution in [0, 0.1) is 16.2 Å². The number of hydrogen-bond acceptors (Lipinski definition) is 5. The van der Waals surface area contributed by atoms with E-state index in [1.54, 1.807) is 6.26 Å². The molecule has 0 aromatic rings. The normalized spacial score (nSPS) is 14.6. The van der Waals surface area contributed by atoms with Crippen LogP contribution in [0.15, 0.2) is 0 Å². The van der Waals surface area contributed by atoms with Gasteiger partial charge in [0.15, 0.2) is 10.9 Å². The molecule has 1 amide bonds. The average molecular weight is 401 g/mol. The van der Waals surface area contributed by atoms with E-state index in [1.807, 2.05) is 62.4 Å². The van der Waals surface area contributed by atoms with Gasteiger partial charge in [-0.05, 0) is 52.3 Å². The van der Waals surface area contributed by atoms with Gasteiger partial charge in [0.1, 0.15) is 0 Å². The maximum atomic E-state index is 13.0. The van der Waals surface area contributed by atoms with Crippen LogP contribution in [-0.4, -0.2) is 41.7 Å². The molecular formula is C21H40N2O3S. The van der Waals surface area contributed by atoms with E-state index in [0.717, 1.165) is 0 Å². The lowest BCUT2D eigenvalue weighted by atomic mass is 9.70. The minimum Gasteiger partial charge on any atom is -0.345 e. The minimum atomic E-state index is -0.643. The van der Waals surface area contributed by atoms with Gasteiger partial charge in [-0.1, -0.05) is 53.3 Å². The fourth-order valence-corrected chi connectivity index (χ4v) is 4.66. The number of rotatable bonds is 10. The zero-order valence-electron chi connectivity index (χ0n) is 19.1. The Morgan fingerprint density at radius 2 is 1.37 bits per heavy atom. The lowest BCUT2D eigenvalue weighted by molar-refractivity contribution is -0.136. The molecule has 6 heteroatoms. The first-order valence-electron chi connectivity index (χ1n) is 9.50. The standard InChI is InChI=1S/C21H40N2O3S/c1-14(24)15(18(2,3)12-20(6,7)17(26)27-11)23-16(25)19(4,5)13-21(8,9)22-10/h15,22H,12-13H2,1-11H3,(H,23,25). The second-order valence-electron chi connectivity index (χ2n) is 10.3. The molecule has 0 aliphatic rings. The summed E-state index contributed by atoms with van der Waals surface area (Å²) < 4.78 is 0. The molecule has 0 aromatic carbocycles. The number of hydrogen-bond donors (Lipinski definition) is 2. The number of nitrogens with one attached hydrogen (secondary N) is 2. The lowest BCUT2D eigenvalue weighted by Crippen LogP contribution is -2.55. The Hall–Kier alpha value is -0.880. The van der Waals surface area contributed by atoms with Crippen LogP contribution in [0.25, 0.3) is 0 Å². The van der Waals surface area contributed by atoms with E-state index in [0.29, 0.717) is 12.8 Å². The summed E-state index contributed by atoms with van der Waals surface area (Å²) in [5, 5.41) is 6.29. The first-order chi connectivity index (χ1) is 11.9. The fourth-order valence-electron chi connectivity index (χ4n) is 4.04. The maximum Gasteiger partial charge on any atom is 0.226 e. The van der Waals surface area contributed by atoms with Gasteiger partial charge in [0.05, 0.1) is 6.04 Å². The molecule has 0 bridgehead atoms. The van der Waals surface area contributed by atoms with Crippen LogP contribution in [0.2, 0.25) is 0 Å². The van der Waals surface area contributed by atoms with Crippen molar-refractivity contribution in [3.05, 3.63) is 0 Å². The molecule has 2 N–H and O–H groups in total. The van der Waals surface area contributed by atoms with E-state index >= 15 is 0 Å². The number of carbonyl (C=O) groups excluding carboxylic acids is 3. The van der Waals surface area contributed by atoms with Crippen molar-refractivity contribution in [2.45, 2.75) is 86.7 Å². The van der Waals surface area contributed by atoms with Gasteiger partial charge in [-0.3, -0.25) is 14.4 Å². The molecule has 0 radical (unpaired) electrons. The SMILES string of the molecule is CNC(C)(C)CC(C)(C)C(=O)NC(C(C)=O)C(C)(C)CC(C)(C)C(=O)SC. The average Bonchev–Trinajstić information content (AvgIpc) is 2.48. The van der Waals surface area contributed by atoms with Crippen molar-refractivity contribution >= 4 is 28.6 Å². The second kappa shape index (κ2) is 9.08. The largest absolute Gasteiger partial charge is 0.345 e. The van der Waals surface area contributed by atoms with Crippen LogP contribution >= 0.6 is 11.8 Å². The molecule has 158 valence electrons. The summed E-state index contributed by atoms with van der Waals surface area (Å²) in [4.78, 5) is 37.7. The first-order valence-corrected chi connectivity index (χ1v) is 10.7. The Morgan fingerprint density at radius 3 is 1.74 bits per heavy atom. The Labute approximate surface area is 170 Å². The number of thioether (sulfide) groups is 1. The van der Waals surface area contributed by atoms with Crippen molar-refractivity contribution in [3.63, 3.8) is 0 Å². The molecule has 0 saturated carbocycles. The van der Waals surface area contributed by atoms with Gasteiger partial charge in [-0.15, -0.1) is 0 Å². The smallest absolute Gasteiger partial charge is 0.226 e. The summed E-state index contributed by atoms with van der Waals surface area (Å²) >= 11 is 1.20. The summed E-state index contributed by atoms with van der Waals surface area (Å²) in [6.45, 7) is 17.1. The molecule has 0 saturated heterocycles. The zero-order valence-corrected chi connectivity index (χ0v) is 19.9. The Kier molecular flexibility index (Phi) is 8.78. The van der Waals surface area contributed by atoms with Gasteiger partial charge >= 0.3 is 0 Å². The summed E-state index contributed by atoms with van der Waals surface area (Å²) in [5.41, 5.74) is -1.97. The van der Waals surface area contributed by atoms with Gasteiger partial charge < -0.3 is 10.6 Å². The van der Waals surface area contributed by atoms with Gasteiger partial charge in [0, 0.05) is 16.4 Å². The molecule has 0 fully saturated rings. The second-order valence-corrected chi connectivity index (χ2v) is 11.0. The van der Waals surface area contributed by atoms with Crippen molar-refractivity contribution in [1.29, 1.82) is 0 Å². The van der Waals surface area contributed by atoms with Gasteiger partial charge in [-0.2, -0.15) is 0 Å². The molecule has 0 aromatic heterocycles. The number of amides is 1. The predicted octanol–water partition coefficient (Wildman–Crippen LogP) is 3.81. The Balaban J connectivity index is 5.53. The van der Waals surface area contributed by atoms with E-state index in [-0.39, 0.29) is 22.3 Å². The highest BCUT2D eigenvalue weighted by atomic mass is 32.2. The van der Waals surface area contributed by atoms with Crippen LogP contribution in [0.3, 0.4) is 0 Å². The minimum absolute atomic E-state index is 0.0836. The highest BCUT2D eigenvalue weighted by Crippen LogP contribution is 2.39. The highest BCUT2D eigenvalue weighted by Gasteiger charge is 2.43. The molecular weight excluding hydrogens is 360 g/mol. The van der Waals surface area contributed by atoms with E-state index < -0.39 is 22.3 Å². The molecule has 1 unspecified atom stereocenters. The first kappa shape index (κ1) is 26.1. The van der Waals surface area contributed by atoms with Crippen molar-refractivity contribution < 1.29 is 14.4 Å². The van der Waals surface area contributed by atoms with Crippen LogP contribution in [0.1, 0.15) is 75.2 Å².